The number of halogens is 2. The maximum absolute atomic E-state index is 13.5. The second-order valence-electron chi connectivity index (χ2n) is 7.39. The maximum Gasteiger partial charge on any atom is 0.272 e. The summed E-state index contributed by atoms with van der Waals surface area (Å²) in [5, 5.41) is 2.61. The molecule has 3 aromatic rings. The fraction of sp³-hybridized carbons (Fsp3) is 0.174. The molecule has 6 nitrogen and oxygen atoms in total. The quantitative estimate of drug-likeness (QED) is 0.531. The van der Waals surface area contributed by atoms with Crippen LogP contribution in [0.1, 0.15) is 21.6 Å². The minimum Gasteiger partial charge on any atom is -0.497 e. The largest absolute Gasteiger partial charge is 0.497 e. The molecule has 4 rings (SSSR count). The van der Waals surface area contributed by atoms with Crippen LogP contribution in [-0.4, -0.2) is 23.6 Å². The van der Waals surface area contributed by atoms with Crippen LogP contribution in [0.2, 0.25) is 0 Å². The van der Waals surface area contributed by atoms with Crippen LogP contribution in [0.25, 0.3) is 6.08 Å². The minimum absolute atomic E-state index is 0.0935. The zero-order valence-electron chi connectivity index (χ0n) is 17.5. The number of anilines is 1. The summed E-state index contributed by atoms with van der Waals surface area (Å²) in [4.78, 5) is 13.6. The van der Waals surface area contributed by atoms with Crippen molar-refractivity contribution in [3.05, 3.63) is 83.2 Å². The molecule has 3 N–H and O–H groups in total. The van der Waals surface area contributed by atoms with Gasteiger partial charge in [-0.15, -0.1) is 0 Å². The van der Waals surface area contributed by atoms with E-state index in [1.807, 2.05) is 36.4 Å². The highest BCUT2D eigenvalue weighted by molar-refractivity contribution is 7.84. The number of rotatable bonds is 5. The molecule has 9 heteroatoms. The monoisotopic (exact) mass is 456 g/mol. The van der Waals surface area contributed by atoms with Crippen LogP contribution < -0.4 is 14.8 Å². The van der Waals surface area contributed by atoms with Gasteiger partial charge in [-0.2, -0.15) is 0 Å². The Balaban J connectivity index is 1.58. The number of hydrogen-bond donors (Lipinski definition) is 3. The predicted octanol–water partition coefficient (Wildman–Crippen LogP) is 4.45. The molecule has 0 saturated carbocycles. The van der Waals surface area contributed by atoms with Crippen molar-refractivity contribution in [2.75, 3.05) is 12.4 Å². The third-order valence-corrected chi connectivity index (χ3v) is 6.48. The first-order chi connectivity index (χ1) is 15.4. The number of carbonyl (C=O) groups excluding carboxylic acids is 1. The number of nitrogens with zero attached hydrogens (tertiary/aromatic N) is 1. The number of methoxy groups -OCH3 is 1. The molecule has 166 valence electrons. The van der Waals surface area contributed by atoms with Gasteiger partial charge in [0.25, 0.3) is 5.91 Å². The molecule has 0 radical (unpaired) electrons. The lowest BCUT2D eigenvalue weighted by atomic mass is 10.0. The summed E-state index contributed by atoms with van der Waals surface area (Å²) in [6.45, 7) is 0. The number of benzene rings is 2. The lowest BCUT2D eigenvalue weighted by Crippen LogP contribution is -2.29. The lowest BCUT2D eigenvalue weighted by Gasteiger charge is -2.14. The number of nitrogens with one attached hydrogen (secondary N) is 3. The molecule has 0 aliphatic carbocycles. The molecule has 0 fully saturated rings. The van der Waals surface area contributed by atoms with Crippen molar-refractivity contribution < 1.29 is 18.3 Å². The number of carbonyl (C=O) groups is 1. The molecule has 2 aromatic carbocycles. The van der Waals surface area contributed by atoms with Gasteiger partial charge >= 0.3 is 0 Å². The van der Waals surface area contributed by atoms with Crippen molar-refractivity contribution in [3.8, 4) is 5.75 Å². The fourth-order valence-electron chi connectivity index (χ4n) is 3.58. The molecule has 1 amide bonds. The summed E-state index contributed by atoms with van der Waals surface area (Å²) in [5.74, 6) is -1.70. The number of aromatic nitrogens is 1. The number of hydrogen-bond acceptors (Lipinski definition) is 3. The molecule has 0 bridgehead atoms. The van der Waals surface area contributed by atoms with Crippen LogP contribution in [0, 0.1) is 16.4 Å². The summed E-state index contributed by atoms with van der Waals surface area (Å²) >= 11 is 0. The second-order valence-corrected chi connectivity index (χ2v) is 8.68. The van der Waals surface area contributed by atoms with Crippen LogP contribution >= 0.6 is 0 Å². The Bertz CT molecular complexity index is 1220. The molecule has 1 aliphatic heterocycles. The maximum atomic E-state index is 13.5. The van der Waals surface area contributed by atoms with Gasteiger partial charge in [-0.25, -0.2) is 13.5 Å². The van der Waals surface area contributed by atoms with Gasteiger partial charge in [-0.3, -0.25) is 9.57 Å². The average Bonchev–Trinajstić information content (AvgIpc) is 3.03. The van der Waals surface area contributed by atoms with Gasteiger partial charge in [0, 0.05) is 36.6 Å². The highest BCUT2D eigenvalue weighted by atomic mass is 32.2. The third kappa shape index (κ3) is 4.49. The van der Waals surface area contributed by atoms with Crippen molar-refractivity contribution in [1.82, 2.24) is 9.29 Å². The van der Waals surface area contributed by atoms with E-state index in [0.29, 0.717) is 22.6 Å². The van der Waals surface area contributed by atoms with E-state index in [2.05, 4.69) is 10.0 Å². The molecule has 2 unspecified atom stereocenters. The Labute approximate surface area is 186 Å². The van der Waals surface area contributed by atoms with E-state index >= 15 is 0 Å². The second kappa shape index (κ2) is 9.05. The van der Waals surface area contributed by atoms with Gasteiger partial charge in [0.2, 0.25) is 0 Å². The fourth-order valence-corrected chi connectivity index (χ4v) is 4.82. The Hall–Kier alpha value is -3.30. The van der Waals surface area contributed by atoms with E-state index < -0.39 is 28.4 Å². The van der Waals surface area contributed by atoms with Gasteiger partial charge in [-0.1, -0.05) is 24.3 Å². The molecule has 0 spiro atoms. The van der Waals surface area contributed by atoms with Crippen molar-refractivity contribution in [3.63, 3.8) is 0 Å². The summed E-state index contributed by atoms with van der Waals surface area (Å²) in [5.41, 5.74) is 2.23. The van der Waals surface area contributed by atoms with E-state index in [4.69, 9.17) is 9.52 Å². The first-order valence-electron chi connectivity index (χ1n) is 9.84. The Morgan fingerprint density at radius 1 is 1.22 bits per heavy atom. The van der Waals surface area contributed by atoms with Crippen molar-refractivity contribution in [1.29, 1.82) is 4.78 Å². The van der Waals surface area contributed by atoms with Crippen LogP contribution in [0.5, 0.6) is 5.75 Å². The summed E-state index contributed by atoms with van der Waals surface area (Å²) in [7, 11) is 2.29. The van der Waals surface area contributed by atoms with Gasteiger partial charge < -0.3 is 14.6 Å². The molecular formula is C23H22F2N4O2S. The zero-order valence-corrected chi connectivity index (χ0v) is 18.3. The standard InChI is InChI=1S/C23H22F2N4O2S/c1-29-13-21-18(22(29)23(30)27-15-6-10-19(24)20(25)12-15)9-5-16(28-32(21)26)11-14-3-7-17(31-2)8-4-14/h3-10,12-13,16H,11H2,1-2H3,(H2,26,28)(H,27,30). The van der Waals surface area contributed by atoms with E-state index in [9.17, 15) is 13.6 Å². The SMILES string of the molecule is COc1ccc(CC2C=Cc3c(cn(C)c3C(=O)Nc3ccc(F)c(F)c3)S(=N)N2)cc1. The van der Waals surface area contributed by atoms with Crippen LogP contribution in [-0.2, 0) is 24.3 Å². The molecule has 1 aromatic heterocycles. The Kier molecular flexibility index (Phi) is 6.20. The number of amides is 1. The highest BCUT2D eigenvalue weighted by Crippen LogP contribution is 2.26. The summed E-state index contributed by atoms with van der Waals surface area (Å²) in [6.07, 6.45) is 6.21. The van der Waals surface area contributed by atoms with Crippen molar-refractivity contribution in [2.24, 2.45) is 7.05 Å². The number of fused-ring (bicyclic) bond motifs is 1. The van der Waals surface area contributed by atoms with Gasteiger partial charge in [-0.05, 0) is 47.1 Å². The molecule has 2 heterocycles. The zero-order chi connectivity index (χ0) is 22.8. The van der Waals surface area contributed by atoms with Crippen LogP contribution in [0.3, 0.4) is 0 Å². The number of aryl methyl sites for hydroxylation is 1. The topological polar surface area (TPSA) is 79.1 Å². The molecule has 32 heavy (non-hydrogen) atoms. The molecule has 2 atom stereocenters. The van der Waals surface area contributed by atoms with Crippen LogP contribution in [0.4, 0.5) is 14.5 Å². The predicted molar refractivity (Wildman–Crippen MR) is 121 cm³/mol. The molecular weight excluding hydrogens is 434 g/mol. The minimum atomic E-state index is -1.05. The molecule has 1 aliphatic rings. The van der Waals surface area contributed by atoms with E-state index in [-0.39, 0.29) is 11.7 Å². The summed E-state index contributed by atoms with van der Waals surface area (Å²) < 4.78 is 45.4. The van der Waals surface area contributed by atoms with Crippen LogP contribution in [0.15, 0.2) is 59.6 Å². The van der Waals surface area contributed by atoms with Gasteiger partial charge in [0.15, 0.2) is 11.6 Å². The lowest BCUT2D eigenvalue weighted by molar-refractivity contribution is 0.101. The highest BCUT2D eigenvalue weighted by Gasteiger charge is 2.24. The first kappa shape index (κ1) is 21.9. The smallest absolute Gasteiger partial charge is 0.272 e. The van der Waals surface area contributed by atoms with E-state index in [0.717, 1.165) is 23.4 Å². The van der Waals surface area contributed by atoms with E-state index in [1.165, 1.54) is 6.07 Å². The first-order valence-corrected chi connectivity index (χ1v) is 11.1. The Morgan fingerprint density at radius 2 is 1.97 bits per heavy atom. The number of ether oxygens (including phenoxy) is 1. The van der Waals surface area contributed by atoms with Crippen molar-refractivity contribution in [2.45, 2.75) is 17.4 Å². The molecule has 0 saturated heterocycles. The normalized spacial score (nSPS) is 17.5. The van der Waals surface area contributed by atoms with E-state index in [1.54, 1.807) is 24.9 Å². The average molecular weight is 457 g/mol. The summed E-state index contributed by atoms with van der Waals surface area (Å²) in [6, 6.07) is 10.9. The van der Waals surface area contributed by atoms with Crippen molar-refractivity contribution >= 4 is 28.5 Å². The van der Waals surface area contributed by atoms with Gasteiger partial charge in [0.1, 0.15) is 11.4 Å². The van der Waals surface area contributed by atoms with Gasteiger partial charge in [0.05, 0.1) is 12.0 Å². The Morgan fingerprint density at radius 3 is 2.66 bits per heavy atom. The third-order valence-electron chi connectivity index (χ3n) is 5.18.